The first-order chi connectivity index (χ1) is 24.3. The van der Waals surface area contributed by atoms with Crippen LogP contribution in [0.2, 0.25) is 0 Å². The molecule has 7 nitrogen and oxygen atoms in total. The number of thioether (sulfide) groups is 1. The number of nitrogens with zero attached hydrogens (tertiary/aromatic N) is 2. The second kappa shape index (κ2) is 16.8. The van der Waals surface area contributed by atoms with E-state index < -0.39 is 11.2 Å². The lowest BCUT2D eigenvalue weighted by Crippen LogP contribution is -2.26. The van der Waals surface area contributed by atoms with Gasteiger partial charge in [0.1, 0.15) is 11.6 Å². The van der Waals surface area contributed by atoms with E-state index in [0.29, 0.717) is 28.8 Å². The Morgan fingerprint density at radius 2 is 1.90 bits per heavy atom. The molecule has 2 heterocycles. The van der Waals surface area contributed by atoms with Gasteiger partial charge in [-0.1, -0.05) is 63.6 Å². The highest BCUT2D eigenvalue weighted by molar-refractivity contribution is 9.10. The smallest absolute Gasteiger partial charge is 0.308 e. The molecular formula is C41H49BrFN3O4S. The summed E-state index contributed by atoms with van der Waals surface area (Å²) >= 11 is 5.33. The minimum absolute atomic E-state index is 0.119. The second-order valence-corrected chi connectivity index (χ2v) is 16.2. The molecule has 5 rings (SSSR count). The number of H-pyrrole nitrogens is 1. The number of aliphatic hydroxyl groups excluding tert-OH is 1. The molecule has 0 aliphatic rings. The molecule has 0 aliphatic heterocycles. The maximum absolute atomic E-state index is 15.1. The summed E-state index contributed by atoms with van der Waals surface area (Å²) in [6.07, 6.45) is 7.34. The topological polar surface area (TPSA) is 89.4 Å². The lowest BCUT2D eigenvalue weighted by atomic mass is 9.73. The molecule has 10 heteroatoms. The highest BCUT2D eigenvalue weighted by atomic mass is 79.9. The zero-order chi connectivity index (χ0) is 36.8. The molecule has 0 spiro atoms. The number of esters is 1. The molecule has 2 atom stereocenters. The lowest BCUT2D eigenvalue weighted by Gasteiger charge is -2.31. The zero-order valence-electron chi connectivity index (χ0n) is 30.4. The van der Waals surface area contributed by atoms with Crippen molar-refractivity contribution in [1.82, 2.24) is 14.5 Å². The predicted octanol–water partition coefficient (Wildman–Crippen LogP) is 10.2. The second-order valence-electron chi connectivity index (χ2n) is 14.3. The van der Waals surface area contributed by atoms with Crippen LogP contribution in [0.5, 0.6) is 11.5 Å². The van der Waals surface area contributed by atoms with Crippen molar-refractivity contribution in [3.05, 3.63) is 100 Å². The fourth-order valence-electron chi connectivity index (χ4n) is 6.61. The first-order valence-corrected chi connectivity index (χ1v) is 19.5. The molecule has 0 radical (unpaired) electrons. The number of aryl methyl sites for hydroxylation is 1. The van der Waals surface area contributed by atoms with E-state index >= 15 is 4.39 Å². The highest BCUT2D eigenvalue weighted by Crippen LogP contribution is 2.41. The van der Waals surface area contributed by atoms with Gasteiger partial charge in [-0.15, -0.1) is 0 Å². The minimum Gasteiger partial charge on any atom is -0.466 e. The van der Waals surface area contributed by atoms with E-state index in [0.717, 1.165) is 64.4 Å². The molecule has 0 bridgehead atoms. The highest BCUT2D eigenvalue weighted by Gasteiger charge is 2.33. The Bertz CT molecular complexity index is 1960. The van der Waals surface area contributed by atoms with Crippen LogP contribution in [-0.4, -0.2) is 50.3 Å². The molecule has 2 unspecified atom stereocenters. The van der Waals surface area contributed by atoms with Crippen molar-refractivity contribution in [1.29, 1.82) is 0 Å². The van der Waals surface area contributed by atoms with Crippen LogP contribution in [0.3, 0.4) is 0 Å². The van der Waals surface area contributed by atoms with Crippen molar-refractivity contribution in [3.63, 3.8) is 0 Å². The summed E-state index contributed by atoms with van der Waals surface area (Å²) in [5.41, 5.74) is 4.40. The molecule has 3 aromatic carbocycles. The van der Waals surface area contributed by atoms with Crippen molar-refractivity contribution in [2.24, 2.45) is 18.4 Å². The molecule has 2 aromatic heterocycles. The van der Waals surface area contributed by atoms with Gasteiger partial charge in [-0.05, 0) is 89.5 Å². The van der Waals surface area contributed by atoms with Crippen LogP contribution in [0.25, 0.3) is 22.3 Å². The maximum atomic E-state index is 15.1. The van der Waals surface area contributed by atoms with Crippen LogP contribution < -0.4 is 4.74 Å². The Hall–Kier alpha value is -3.60. The van der Waals surface area contributed by atoms with Crippen molar-refractivity contribution >= 4 is 44.6 Å². The molecular weight excluding hydrogens is 729 g/mol. The van der Waals surface area contributed by atoms with E-state index in [9.17, 15) is 9.90 Å². The average molecular weight is 779 g/mol. The van der Waals surface area contributed by atoms with E-state index in [-0.39, 0.29) is 29.7 Å². The van der Waals surface area contributed by atoms with Crippen LogP contribution in [0, 0.1) is 17.2 Å². The minimum atomic E-state index is -0.466. The molecule has 2 N–H and O–H groups in total. The van der Waals surface area contributed by atoms with Gasteiger partial charge in [0.2, 0.25) is 0 Å². The van der Waals surface area contributed by atoms with Gasteiger partial charge in [-0.3, -0.25) is 4.79 Å². The number of carbonyl (C=O) groups excluding carboxylic acids is 1. The number of ether oxygens (including phenoxy) is 2. The fraction of sp³-hybridized carbons (Fsp3) is 0.415. The first-order valence-electron chi connectivity index (χ1n) is 17.6. The van der Waals surface area contributed by atoms with E-state index in [1.807, 2.05) is 55.8 Å². The Morgan fingerprint density at radius 3 is 2.67 bits per heavy atom. The number of fused-ring (bicyclic) bond motifs is 1. The number of aliphatic hydroxyl groups is 1. The first kappa shape index (κ1) is 38.6. The van der Waals surface area contributed by atoms with E-state index in [2.05, 4.69) is 72.1 Å². The van der Waals surface area contributed by atoms with Crippen molar-refractivity contribution in [2.75, 3.05) is 24.7 Å². The van der Waals surface area contributed by atoms with Crippen molar-refractivity contribution in [2.45, 2.75) is 65.7 Å². The number of carbonyl (C=O) groups is 1. The summed E-state index contributed by atoms with van der Waals surface area (Å²) in [5, 5.41) is 10.1. The Labute approximate surface area is 313 Å². The van der Waals surface area contributed by atoms with Crippen molar-refractivity contribution in [3.8, 4) is 22.9 Å². The molecule has 5 aromatic rings. The van der Waals surface area contributed by atoms with E-state index in [4.69, 9.17) is 14.5 Å². The third-order valence-electron chi connectivity index (χ3n) is 9.51. The number of rotatable bonds is 17. The normalized spacial score (nSPS) is 13.7. The van der Waals surface area contributed by atoms with Gasteiger partial charge in [0, 0.05) is 53.1 Å². The lowest BCUT2D eigenvalue weighted by molar-refractivity contribution is -0.147. The SMILES string of the molecule is CCOC(=O)C(C)Cc1cccc(C(C)(CCCC(C)(C)CSCCO)c2cn(C)c(-c3cccc(Oc4c(F)cc5[nH]ccc5c4Br)c3)n2)c1. The van der Waals surface area contributed by atoms with Gasteiger partial charge in [0.25, 0.3) is 0 Å². The van der Waals surface area contributed by atoms with Gasteiger partial charge in [-0.25, -0.2) is 9.37 Å². The van der Waals surface area contributed by atoms with Crippen LogP contribution in [0.4, 0.5) is 4.39 Å². The molecule has 272 valence electrons. The van der Waals surface area contributed by atoms with Crippen LogP contribution in [0.1, 0.15) is 70.7 Å². The standard InChI is InChI=1S/C41H49BrFN3O4S/c1-7-49-39(48)27(2)21-28-11-8-13-30(22-28)41(5,17-10-16-40(3,4)26-51-20-19-47)35-25-46(6)38(45-35)29-12-9-14-31(23-29)50-37-33(43)24-34-32(36(37)42)15-18-44-34/h8-9,11-15,18,22-25,27,44,47H,7,10,16-17,19-21,26H2,1-6H3. The van der Waals surface area contributed by atoms with E-state index in [1.54, 1.807) is 18.0 Å². The Morgan fingerprint density at radius 1 is 1.12 bits per heavy atom. The number of benzene rings is 3. The third-order valence-corrected chi connectivity index (χ3v) is 11.8. The third kappa shape index (κ3) is 9.26. The van der Waals surface area contributed by atoms with E-state index in [1.165, 1.54) is 6.07 Å². The number of hydrogen-bond donors (Lipinski definition) is 2. The number of aromatic amines is 1. The van der Waals surface area contributed by atoms with Gasteiger partial charge < -0.3 is 24.1 Å². The largest absolute Gasteiger partial charge is 0.466 e. The molecule has 0 amide bonds. The predicted molar refractivity (Wildman–Crippen MR) is 209 cm³/mol. The number of halogens is 2. The van der Waals surface area contributed by atoms with Crippen LogP contribution >= 0.6 is 27.7 Å². The summed E-state index contributed by atoms with van der Waals surface area (Å²) in [7, 11) is 1.99. The Kier molecular flexibility index (Phi) is 12.7. The summed E-state index contributed by atoms with van der Waals surface area (Å²) in [6, 6.07) is 19.4. The Balaban J connectivity index is 1.46. The van der Waals surface area contributed by atoms with Gasteiger partial charge in [0.15, 0.2) is 11.6 Å². The molecule has 0 saturated heterocycles. The fourth-order valence-corrected chi connectivity index (χ4v) is 8.20. The molecule has 0 fully saturated rings. The average Bonchev–Trinajstić information content (AvgIpc) is 3.74. The summed E-state index contributed by atoms with van der Waals surface area (Å²) in [4.78, 5) is 20.8. The number of hydrogen-bond acceptors (Lipinski definition) is 6. The van der Waals surface area contributed by atoms with Crippen LogP contribution in [0.15, 0.2) is 77.5 Å². The molecule has 51 heavy (non-hydrogen) atoms. The number of imidazole rings is 1. The summed E-state index contributed by atoms with van der Waals surface area (Å²) in [6.45, 7) is 11.1. The summed E-state index contributed by atoms with van der Waals surface area (Å²) < 4.78 is 29.1. The van der Waals surface area contributed by atoms with Gasteiger partial charge in [-0.2, -0.15) is 11.8 Å². The monoisotopic (exact) mass is 777 g/mol. The molecule has 0 saturated carbocycles. The van der Waals surface area contributed by atoms with Crippen LogP contribution in [-0.2, 0) is 28.4 Å². The summed E-state index contributed by atoms with van der Waals surface area (Å²) in [5.74, 6) is 2.22. The quantitative estimate of drug-likeness (QED) is 0.0722. The molecule has 0 aliphatic carbocycles. The number of nitrogens with one attached hydrogen (secondary N) is 1. The number of aromatic nitrogens is 3. The van der Waals surface area contributed by atoms with Gasteiger partial charge in [0.05, 0.1) is 29.3 Å². The van der Waals surface area contributed by atoms with Crippen molar-refractivity contribution < 1.29 is 23.8 Å². The maximum Gasteiger partial charge on any atom is 0.308 e. The van der Waals surface area contributed by atoms with Gasteiger partial charge >= 0.3 is 5.97 Å². The zero-order valence-corrected chi connectivity index (χ0v) is 32.8.